The van der Waals surface area contributed by atoms with Crippen LogP contribution in [0.2, 0.25) is 10.0 Å². The number of hydrogen-bond donors (Lipinski definition) is 1. The maximum atomic E-state index is 12.7. The van der Waals surface area contributed by atoms with Crippen LogP contribution in [0.15, 0.2) is 53.2 Å². The average Bonchev–Trinajstić information content (AvgIpc) is 2.82. The third kappa shape index (κ3) is 3.25. The van der Waals surface area contributed by atoms with Gasteiger partial charge in [0.15, 0.2) is 0 Å². The van der Waals surface area contributed by atoms with Crippen LogP contribution in [-0.2, 0) is 16.0 Å². The summed E-state index contributed by atoms with van der Waals surface area (Å²) in [6.45, 7) is 2.05. The number of nitrogens with one attached hydrogen (secondary N) is 1. The largest absolute Gasteiger partial charge is 0.350 e. The first-order valence-corrected chi connectivity index (χ1v) is 8.66. The summed E-state index contributed by atoms with van der Waals surface area (Å²) < 4.78 is 0. The fraction of sp³-hybridized carbons (Fsp3) is 0.111. The van der Waals surface area contributed by atoms with Crippen LogP contribution in [-0.4, -0.2) is 11.8 Å². The van der Waals surface area contributed by atoms with E-state index in [4.69, 9.17) is 34.8 Å². The molecule has 128 valence electrons. The van der Waals surface area contributed by atoms with Crippen molar-refractivity contribution in [3.63, 3.8) is 0 Å². The summed E-state index contributed by atoms with van der Waals surface area (Å²) in [6, 6.07) is 12.2. The molecule has 0 saturated carbocycles. The molecule has 1 aliphatic heterocycles. The maximum absolute atomic E-state index is 12.7. The minimum atomic E-state index is -0.650. The van der Waals surface area contributed by atoms with Crippen LogP contribution in [0.25, 0.3) is 0 Å². The summed E-state index contributed by atoms with van der Waals surface area (Å²) in [5.74, 6) is -1.23. The highest BCUT2D eigenvalue weighted by atomic mass is 35.5. The Morgan fingerprint density at radius 3 is 2.28 bits per heavy atom. The van der Waals surface area contributed by atoms with Crippen LogP contribution in [0.3, 0.4) is 0 Å². The van der Waals surface area contributed by atoms with Gasteiger partial charge in [-0.3, -0.25) is 9.59 Å². The summed E-state index contributed by atoms with van der Waals surface area (Å²) in [4.78, 5) is 26.1. The van der Waals surface area contributed by atoms with Crippen LogP contribution in [0, 0.1) is 0 Å². The zero-order chi connectivity index (χ0) is 18.1. The van der Waals surface area contributed by atoms with Gasteiger partial charge in [0.1, 0.15) is 10.7 Å². The van der Waals surface area contributed by atoms with Gasteiger partial charge in [0.05, 0.1) is 15.7 Å². The molecule has 0 spiro atoms. The number of rotatable bonds is 4. The van der Waals surface area contributed by atoms with Crippen LogP contribution >= 0.6 is 34.8 Å². The molecule has 3 rings (SSSR count). The van der Waals surface area contributed by atoms with E-state index in [-0.39, 0.29) is 26.5 Å². The van der Waals surface area contributed by atoms with Gasteiger partial charge in [0.2, 0.25) is 0 Å². The van der Waals surface area contributed by atoms with Crippen molar-refractivity contribution in [2.24, 2.45) is 0 Å². The lowest BCUT2D eigenvalue weighted by Gasteiger charge is -2.17. The molecule has 4 nitrogen and oxygen atoms in total. The van der Waals surface area contributed by atoms with Gasteiger partial charge in [0.25, 0.3) is 11.8 Å². The predicted molar refractivity (Wildman–Crippen MR) is 101 cm³/mol. The molecule has 1 aliphatic rings. The Morgan fingerprint density at radius 2 is 1.64 bits per heavy atom. The molecule has 0 bridgehead atoms. The molecule has 7 heteroatoms. The molecule has 0 atom stereocenters. The number of benzene rings is 2. The van der Waals surface area contributed by atoms with E-state index >= 15 is 0 Å². The highest BCUT2D eigenvalue weighted by Gasteiger charge is 2.40. The van der Waals surface area contributed by atoms with E-state index in [0.717, 1.165) is 16.9 Å². The van der Waals surface area contributed by atoms with Gasteiger partial charge in [-0.25, -0.2) is 4.90 Å². The van der Waals surface area contributed by atoms with Crippen LogP contribution in [0.4, 0.5) is 11.4 Å². The van der Waals surface area contributed by atoms with Gasteiger partial charge in [-0.05, 0) is 36.2 Å². The van der Waals surface area contributed by atoms with Crippen molar-refractivity contribution in [3.8, 4) is 0 Å². The number of imide groups is 1. The fourth-order valence-corrected chi connectivity index (χ4v) is 3.06. The second-order valence-corrected chi connectivity index (χ2v) is 6.55. The topological polar surface area (TPSA) is 49.4 Å². The number of hydrogen-bond acceptors (Lipinski definition) is 3. The predicted octanol–water partition coefficient (Wildman–Crippen LogP) is 4.99. The van der Waals surface area contributed by atoms with Crippen molar-refractivity contribution in [3.05, 3.63) is 68.8 Å². The van der Waals surface area contributed by atoms with E-state index < -0.39 is 11.8 Å². The van der Waals surface area contributed by atoms with Crippen LogP contribution in [0.1, 0.15) is 12.5 Å². The third-order valence-electron chi connectivity index (χ3n) is 3.83. The van der Waals surface area contributed by atoms with E-state index in [1.807, 2.05) is 31.2 Å². The van der Waals surface area contributed by atoms with Gasteiger partial charge in [-0.1, -0.05) is 59.9 Å². The summed E-state index contributed by atoms with van der Waals surface area (Å²) >= 11 is 18.2. The number of halogens is 3. The lowest BCUT2D eigenvalue weighted by molar-refractivity contribution is -0.120. The summed E-state index contributed by atoms with van der Waals surface area (Å²) in [6.07, 6.45) is 0.905. The van der Waals surface area contributed by atoms with Gasteiger partial charge in [-0.15, -0.1) is 0 Å². The first-order chi connectivity index (χ1) is 11.9. The van der Waals surface area contributed by atoms with E-state index in [9.17, 15) is 9.59 Å². The Labute approximate surface area is 160 Å². The SMILES string of the molecule is CCc1ccc(NC2=C(Cl)C(=O)N(c3cccc(Cl)c3Cl)C2=O)cc1. The Balaban J connectivity index is 1.92. The minimum absolute atomic E-state index is 0.00644. The van der Waals surface area contributed by atoms with Gasteiger partial charge in [-0.2, -0.15) is 0 Å². The second-order valence-electron chi connectivity index (χ2n) is 5.38. The van der Waals surface area contributed by atoms with E-state index in [2.05, 4.69) is 5.32 Å². The number of aryl methyl sites for hydroxylation is 1. The first kappa shape index (κ1) is 17.8. The van der Waals surface area contributed by atoms with Crippen LogP contribution in [0.5, 0.6) is 0 Å². The Bertz CT molecular complexity index is 892. The van der Waals surface area contributed by atoms with Crippen molar-refractivity contribution < 1.29 is 9.59 Å². The summed E-state index contributed by atoms with van der Waals surface area (Å²) in [7, 11) is 0. The number of nitrogens with zero attached hydrogens (tertiary/aromatic N) is 1. The van der Waals surface area contributed by atoms with Crippen molar-refractivity contribution in [1.29, 1.82) is 0 Å². The second kappa shape index (κ2) is 7.08. The molecule has 0 aromatic heterocycles. The fourth-order valence-electron chi connectivity index (χ4n) is 2.46. The zero-order valence-corrected chi connectivity index (χ0v) is 15.4. The zero-order valence-electron chi connectivity index (χ0n) is 13.1. The van der Waals surface area contributed by atoms with E-state index in [0.29, 0.717) is 5.69 Å². The highest BCUT2D eigenvalue weighted by molar-refractivity contribution is 6.54. The summed E-state index contributed by atoms with van der Waals surface area (Å²) in [5, 5.41) is 3.08. The smallest absolute Gasteiger partial charge is 0.283 e. The lowest BCUT2D eigenvalue weighted by atomic mass is 10.1. The molecule has 2 aromatic carbocycles. The molecular weight excluding hydrogens is 383 g/mol. The highest BCUT2D eigenvalue weighted by Crippen LogP contribution is 2.37. The minimum Gasteiger partial charge on any atom is -0.350 e. The molecule has 1 heterocycles. The van der Waals surface area contributed by atoms with E-state index in [1.165, 1.54) is 6.07 Å². The van der Waals surface area contributed by atoms with Gasteiger partial charge < -0.3 is 5.32 Å². The average molecular weight is 396 g/mol. The third-order valence-corrected chi connectivity index (χ3v) is 4.99. The number of carbonyl (C=O) groups is 2. The monoisotopic (exact) mass is 394 g/mol. The molecule has 0 aliphatic carbocycles. The van der Waals surface area contributed by atoms with Crippen molar-refractivity contribution >= 4 is 58.0 Å². The lowest BCUT2D eigenvalue weighted by Crippen LogP contribution is -2.32. The van der Waals surface area contributed by atoms with Gasteiger partial charge >= 0.3 is 0 Å². The molecular formula is C18H13Cl3N2O2. The van der Waals surface area contributed by atoms with Crippen LogP contribution < -0.4 is 10.2 Å². The van der Waals surface area contributed by atoms with Crippen molar-refractivity contribution in [2.75, 3.05) is 10.2 Å². The van der Waals surface area contributed by atoms with Crippen molar-refractivity contribution in [1.82, 2.24) is 0 Å². The Hall–Kier alpha value is -2.01. The molecule has 0 fully saturated rings. The molecule has 0 radical (unpaired) electrons. The molecule has 0 saturated heterocycles. The number of anilines is 2. The van der Waals surface area contributed by atoms with E-state index in [1.54, 1.807) is 12.1 Å². The summed E-state index contributed by atoms with van der Waals surface area (Å²) in [5.41, 5.74) is 2.02. The molecule has 0 unspecified atom stereocenters. The number of carbonyl (C=O) groups excluding carboxylic acids is 2. The molecule has 1 N–H and O–H groups in total. The molecule has 25 heavy (non-hydrogen) atoms. The maximum Gasteiger partial charge on any atom is 0.283 e. The molecule has 2 aromatic rings. The van der Waals surface area contributed by atoms with Gasteiger partial charge in [0, 0.05) is 5.69 Å². The number of amides is 2. The Kier molecular flexibility index (Phi) is 5.04. The standard InChI is InChI=1S/C18H13Cl3N2O2/c1-2-10-6-8-11(9-7-10)22-16-15(21)17(24)23(18(16)25)13-5-3-4-12(19)14(13)20/h3-9,22H,2H2,1H3. The normalized spacial score (nSPS) is 14.5. The Morgan fingerprint density at radius 1 is 0.960 bits per heavy atom. The molecule has 2 amide bonds. The van der Waals surface area contributed by atoms with Crippen molar-refractivity contribution in [2.45, 2.75) is 13.3 Å². The quantitative estimate of drug-likeness (QED) is 0.742. The first-order valence-electron chi connectivity index (χ1n) is 7.52.